The number of carbonyl (C=O) groups is 1. The molecule has 40 heavy (non-hydrogen) atoms. The lowest BCUT2D eigenvalue weighted by molar-refractivity contribution is -0.385. The third-order valence-corrected chi connectivity index (χ3v) is 8.63. The highest BCUT2D eigenvalue weighted by atomic mass is 32.2. The highest BCUT2D eigenvalue weighted by molar-refractivity contribution is 7.89. The average molecular weight is 568 g/mol. The molecule has 1 fully saturated rings. The molecule has 1 aliphatic rings. The summed E-state index contributed by atoms with van der Waals surface area (Å²) in [7, 11) is 0.310. The molecule has 2 atom stereocenters. The van der Waals surface area contributed by atoms with Gasteiger partial charge in [-0.05, 0) is 30.2 Å². The number of benzene rings is 2. The molecule has 15 heteroatoms. The second kappa shape index (κ2) is 10.2. The molecule has 0 amide bonds. The van der Waals surface area contributed by atoms with Crippen LogP contribution in [-0.2, 0) is 23.6 Å². The van der Waals surface area contributed by atoms with Gasteiger partial charge in [-0.3, -0.25) is 14.8 Å². The van der Waals surface area contributed by atoms with Crippen LogP contribution >= 0.6 is 0 Å². The number of carboxylic acid groups (broad SMARTS) is 1. The third-order valence-electron chi connectivity index (χ3n) is 6.79. The molecule has 0 unspecified atom stereocenters. The van der Waals surface area contributed by atoms with Crippen LogP contribution in [0, 0.1) is 10.1 Å². The van der Waals surface area contributed by atoms with Gasteiger partial charge in [-0.1, -0.05) is 17.3 Å². The zero-order valence-electron chi connectivity index (χ0n) is 21.7. The van der Waals surface area contributed by atoms with Crippen molar-refractivity contribution in [2.75, 3.05) is 14.2 Å². The molecule has 0 saturated heterocycles. The maximum absolute atomic E-state index is 13.3. The van der Waals surface area contributed by atoms with E-state index in [1.54, 1.807) is 40.7 Å². The van der Waals surface area contributed by atoms with Crippen molar-refractivity contribution in [3.8, 4) is 11.4 Å². The van der Waals surface area contributed by atoms with Gasteiger partial charge in [-0.15, -0.1) is 5.10 Å². The molecule has 1 N–H and O–H groups in total. The number of hydrogen-bond donors (Lipinski definition) is 1. The van der Waals surface area contributed by atoms with E-state index >= 15 is 0 Å². The van der Waals surface area contributed by atoms with Crippen LogP contribution in [0.15, 0.2) is 59.8 Å². The van der Waals surface area contributed by atoms with Crippen LogP contribution in [0.4, 0.5) is 5.69 Å². The predicted octanol–water partition coefficient (Wildman–Crippen LogP) is 2.71. The van der Waals surface area contributed by atoms with Gasteiger partial charge in [0.25, 0.3) is 5.69 Å². The summed E-state index contributed by atoms with van der Waals surface area (Å²) in [5.41, 5.74) is 2.30. The molecular weight excluding hydrogens is 542 g/mol. The second-order valence-electron chi connectivity index (χ2n) is 9.45. The molecule has 208 valence electrons. The van der Waals surface area contributed by atoms with E-state index in [1.807, 2.05) is 6.20 Å². The standard InChI is InChI=1S/C25H25N7O7S/c1-29-14-21(27-28-29)18-11-19(18)24-20(25(33)34)12-26-31(24)16-6-4-5-15(9-16)13-30(2)40(37,38)23-8-7-17(32(35)36)10-22(23)39-3/h4-10,12,14,18-19H,11,13H2,1-3H3,(H,33,34)/t18-,19-/m1/s1. The topological polar surface area (TPSA) is 176 Å². The van der Waals surface area contributed by atoms with Crippen molar-refractivity contribution >= 4 is 21.7 Å². The number of nitro groups is 1. The summed E-state index contributed by atoms with van der Waals surface area (Å²) in [4.78, 5) is 22.3. The van der Waals surface area contributed by atoms with Gasteiger partial charge < -0.3 is 9.84 Å². The summed E-state index contributed by atoms with van der Waals surface area (Å²) < 4.78 is 36.1. The predicted molar refractivity (Wildman–Crippen MR) is 140 cm³/mol. The minimum atomic E-state index is -4.08. The number of aromatic carboxylic acids is 1. The van der Waals surface area contributed by atoms with Crippen LogP contribution in [0.25, 0.3) is 5.69 Å². The Kier molecular flexibility index (Phi) is 6.85. The smallest absolute Gasteiger partial charge is 0.339 e. The van der Waals surface area contributed by atoms with Gasteiger partial charge in [0.1, 0.15) is 16.2 Å². The molecule has 4 aromatic rings. The number of nitro benzene ring substituents is 1. The molecular formula is C25H25N7O7S. The molecule has 0 aliphatic heterocycles. The third kappa shape index (κ3) is 4.91. The molecule has 2 heterocycles. The maximum Gasteiger partial charge on any atom is 0.339 e. The zero-order valence-corrected chi connectivity index (χ0v) is 22.5. The normalized spacial score (nSPS) is 16.7. The lowest BCUT2D eigenvalue weighted by Gasteiger charge is -2.19. The summed E-state index contributed by atoms with van der Waals surface area (Å²) in [5, 5.41) is 33.4. The number of methoxy groups -OCH3 is 1. The van der Waals surface area contributed by atoms with Gasteiger partial charge >= 0.3 is 5.97 Å². The van der Waals surface area contributed by atoms with E-state index in [4.69, 9.17) is 4.74 Å². The quantitative estimate of drug-likeness (QED) is 0.221. The molecule has 1 aliphatic carbocycles. The number of aryl methyl sites for hydroxylation is 1. The van der Waals surface area contributed by atoms with E-state index in [2.05, 4.69) is 15.4 Å². The number of non-ortho nitro benzene ring substituents is 1. The van der Waals surface area contributed by atoms with Crippen molar-refractivity contribution in [1.29, 1.82) is 0 Å². The number of hydrogen-bond acceptors (Lipinski definition) is 9. The molecule has 0 radical (unpaired) electrons. The molecule has 1 saturated carbocycles. The van der Waals surface area contributed by atoms with Crippen molar-refractivity contribution in [2.24, 2.45) is 7.05 Å². The van der Waals surface area contributed by atoms with Crippen LogP contribution in [-0.4, -0.2) is 67.7 Å². The fraction of sp³-hybridized carbons (Fsp3) is 0.280. The number of carboxylic acids is 1. The Morgan fingerprint density at radius 3 is 2.67 bits per heavy atom. The average Bonchev–Trinajstić information content (AvgIpc) is 3.37. The molecule has 0 spiro atoms. The lowest BCUT2D eigenvalue weighted by Crippen LogP contribution is -2.27. The van der Waals surface area contributed by atoms with E-state index in [-0.39, 0.29) is 40.3 Å². The SMILES string of the molecule is COc1cc([N+](=O)[O-])ccc1S(=O)(=O)N(C)Cc1cccc(-n2ncc(C(=O)O)c2[C@@H]2C[C@H]2c2cn(C)nn2)c1. The minimum absolute atomic E-state index is 0.0124. The first kappa shape index (κ1) is 27.0. The van der Waals surface area contributed by atoms with Gasteiger partial charge in [-0.25, -0.2) is 17.9 Å². The molecule has 2 aromatic heterocycles. The fourth-order valence-electron chi connectivity index (χ4n) is 4.72. The minimum Gasteiger partial charge on any atom is -0.495 e. The first-order chi connectivity index (χ1) is 19.0. The summed E-state index contributed by atoms with van der Waals surface area (Å²) in [6, 6.07) is 10.3. The van der Waals surface area contributed by atoms with Crippen LogP contribution in [0.2, 0.25) is 0 Å². The van der Waals surface area contributed by atoms with Gasteiger partial charge in [0.15, 0.2) is 0 Å². The van der Waals surface area contributed by atoms with Gasteiger partial charge in [0.05, 0.1) is 41.4 Å². The second-order valence-corrected chi connectivity index (χ2v) is 11.5. The maximum atomic E-state index is 13.3. The Hall–Kier alpha value is -4.63. The molecule has 5 rings (SSSR count). The lowest BCUT2D eigenvalue weighted by atomic mass is 10.1. The molecule has 2 aromatic carbocycles. The Labute approximate surface area is 228 Å². The molecule has 14 nitrogen and oxygen atoms in total. The Balaban J connectivity index is 1.43. The van der Waals surface area contributed by atoms with Crippen molar-refractivity contribution in [3.05, 3.63) is 87.5 Å². The number of rotatable bonds is 10. The van der Waals surface area contributed by atoms with Crippen LogP contribution in [0.5, 0.6) is 5.75 Å². The van der Waals surface area contributed by atoms with Crippen LogP contribution in [0.1, 0.15) is 45.6 Å². The van der Waals surface area contributed by atoms with E-state index in [0.717, 1.165) is 28.2 Å². The van der Waals surface area contributed by atoms with Crippen LogP contribution in [0.3, 0.4) is 0 Å². The van der Waals surface area contributed by atoms with Crippen LogP contribution < -0.4 is 4.74 Å². The largest absolute Gasteiger partial charge is 0.495 e. The monoisotopic (exact) mass is 567 g/mol. The highest BCUT2D eigenvalue weighted by Gasteiger charge is 2.46. The van der Waals surface area contributed by atoms with E-state index in [9.17, 15) is 28.4 Å². The number of nitrogens with zero attached hydrogens (tertiary/aromatic N) is 7. The van der Waals surface area contributed by atoms with Gasteiger partial charge in [-0.2, -0.15) is 9.40 Å². The summed E-state index contributed by atoms with van der Waals surface area (Å²) in [5.74, 6) is -1.34. The Bertz CT molecular complexity index is 1730. The van der Waals surface area contributed by atoms with E-state index in [1.165, 1.54) is 20.4 Å². The summed E-state index contributed by atoms with van der Waals surface area (Å²) in [6.45, 7) is -0.0373. The number of ether oxygens (including phenoxy) is 1. The first-order valence-corrected chi connectivity index (χ1v) is 13.5. The Morgan fingerprint density at radius 1 is 1.25 bits per heavy atom. The van der Waals surface area contributed by atoms with Gasteiger partial charge in [0, 0.05) is 44.7 Å². The Morgan fingerprint density at radius 2 is 2.02 bits per heavy atom. The number of aromatic nitrogens is 5. The van der Waals surface area contributed by atoms with Gasteiger partial charge in [0.2, 0.25) is 10.0 Å². The summed E-state index contributed by atoms with van der Waals surface area (Å²) >= 11 is 0. The van der Waals surface area contributed by atoms with Crippen molar-refractivity contribution in [2.45, 2.75) is 29.7 Å². The van der Waals surface area contributed by atoms with E-state index < -0.39 is 20.9 Å². The first-order valence-electron chi connectivity index (χ1n) is 12.1. The summed E-state index contributed by atoms with van der Waals surface area (Å²) in [6.07, 6.45) is 3.82. The molecule has 0 bridgehead atoms. The fourth-order valence-corrected chi connectivity index (χ4v) is 6.02. The van der Waals surface area contributed by atoms with Crippen molar-refractivity contribution < 1.29 is 28.0 Å². The number of sulfonamides is 1. The van der Waals surface area contributed by atoms with Crippen molar-refractivity contribution in [3.63, 3.8) is 0 Å². The van der Waals surface area contributed by atoms with Crippen molar-refractivity contribution in [1.82, 2.24) is 29.1 Å². The zero-order chi connectivity index (χ0) is 28.8. The highest BCUT2D eigenvalue weighted by Crippen LogP contribution is 2.55. The van der Waals surface area contributed by atoms with E-state index in [0.29, 0.717) is 23.4 Å².